The molecule has 0 spiro atoms. The first kappa shape index (κ1) is 18.0. The molecule has 1 aliphatic rings. The van der Waals surface area contributed by atoms with Gasteiger partial charge in [-0.15, -0.1) is 0 Å². The number of benzene rings is 1. The second kappa shape index (κ2) is 8.56. The molecule has 0 saturated carbocycles. The average Bonchev–Trinajstić information content (AvgIpc) is 2.79. The van der Waals surface area contributed by atoms with Gasteiger partial charge in [-0.3, -0.25) is 4.98 Å². The maximum atomic E-state index is 5.24. The second-order valence-electron chi connectivity index (χ2n) is 6.62. The number of nitrogens with zero attached hydrogens (tertiary/aromatic N) is 5. The third-order valence-corrected chi connectivity index (χ3v) is 4.88. The summed E-state index contributed by atoms with van der Waals surface area (Å²) in [6.07, 6.45) is 5.39. The van der Waals surface area contributed by atoms with E-state index < -0.39 is 0 Å². The van der Waals surface area contributed by atoms with Crippen LogP contribution in [0.4, 0.5) is 17.5 Å². The number of hydrogen-bond donors (Lipinski definition) is 1. The molecule has 3 heterocycles. The number of hydrogen-bond acceptors (Lipinski definition) is 7. The minimum atomic E-state index is 0.645. The summed E-state index contributed by atoms with van der Waals surface area (Å²) in [7, 11) is 1.69. The van der Waals surface area contributed by atoms with Crippen molar-refractivity contribution < 1.29 is 4.74 Å². The number of aromatic nitrogens is 3. The quantitative estimate of drug-likeness (QED) is 0.709. The van der Waals surface area contributed by atoms with Crippen molar-refractivity contribution in [2.24, 2.45) is 0 Å². The molecule has 1 saturated heterocycles. The number of piperazine rings is 1. The second-order valence-corrected chi connectivity index (χ2v) is 6.62. The SMILES string of the molecule is COc1ccc(N2CCN(c3ccnc(NCc4ccncc4)n3)CC2)cc1. The van der Waals surface area contributed by atoms with Crippen molar-refractivity contribution in [2.45, 2.75) is 6.54 Å². The molecule has 144 valence electrons. The maximum absolute atomic E-state index is 5.24. The van der Waals surface area contributed by atoms with Crippen molar-refractivity contribution in [3.8, 4) is 5.75 Å². The Morgan fingerprint density at radius 1 is 0.893 bits per heavy atom. The molecular weight excluding hydrogens is 352 g/mol. The van der Waals surface area contributed by atoms with Gasteiger partial charge in [0.15, 0.2) is 0 Å². The molecule has 1 aromatic carbocycles. The predicted molar refractivity (Wildman–Crippen MR) is 111 cm³/mol. The van der Waals surface area contributed by atoms with E-state index in [1.54, 1.807) is 19.5 Å². The lowest BCUT2D eigenvalue weighted by Crippen LogP contribution is -2.46. The van der Waals surface area contributed by atoms with Crippen LogP contribution in [0.3, 0.4) is 0 Å². The molecule has 0 bridgehead atoms. The normalized spacial score (nSPS) is 14.0. The van der Waals surface area contributed by atoms with Crippen LogP contribution in [0.2, 0.25) is 0 Å². The molecule has 4 rings (SSSR count). The van der Waals surface area contributed by atoms with E-state index >= 15 is 0 Å². The van der Waals surface area contributed by atoms with Crippen LogP contribution >= 0.6 is 0 Å². The summed E-state index contributed by atoms with van der Waals surface area (Å²) in [5.74, 6) is 2.49. The van der Waals surface area contributed by atoms with Crippen molar-refractivity contribution in [1.82, 2.24) is 15.0 Å². The minimum Gasteiger partial charge on any atom is -0.497 e. The Kier molecular flexibility index (Phi) is 5.51. The lowest BCUT2D eigenvalue weighted by molar-refractivity contribution is 0.415. The van der Waals surface area contributed by atoms with Gasteiger partial charge >= 0.3 is 0 Å². The summed E-state index contributed by atoms with van der Waals surface area (Å²) in [5.41, 5.74) is 2.37. The van der Waals surface area contributed by atoms with Gasteiger partial charge in [0.25, 0.3) is 0 Å². The van der Waals surface area contributed by atoms with Gasteiger partial charge in [0.1, 0.15) is 11.6 Å². The molecule has 0 aliphatic carbocycles. The summed E-state index contributed by atoms with van der Waals surface area (Å²) in [5, 5.41) is 3.29. The van der Waals surface area contributed by atoms with Crippen LogP contribution in [0.5, 0.6) is 5.75 Å². The van der Waals surface area contributed by atoms with Crippen LogP contribution in [0.25, 0.3) is 0 Å². The van der Waals surface area contributed by atoms with E-state index in [4.69, 9.17) is 4.74 Å². The summed E-state index contributed by atoms with van der Waals surface area (Å²) in [6, 6.07) is 14.2. The Balaban J connectivity index is 1.35. The fraction of sp³-hybridized carbons (Fsp3) is 0.286. The van der Waals surface area contributed by atoms with Crippen LogP contribution in [0.15, 0.2) is 61.1 Å². The molecule has 1 fully saturated rings. The predicted octanol–water partition coefficient (Wildman–Crippen LogP) is 2.82. The van der Waals surface area contributed by atoms with Gasteiger partial charge in [0.05, 0.1) is 7.11 Å². The van der Waals surface area contributed by atoms with E-state index in [0.717, 1.165) is 43.3 Å². The zero-order valence-corrected chi connectivity index (χ0v) is 16.0. The highest BCUT2D eigenvalue weighted by Gasteiger charge is 2.18. The first-order valence-corrected chi connectivity index (χ1v) is 9.41. The lowest BCUT2D eigenvalue weighted by atomic mass is 10.2. The van der Waals surface area contributed by atoms with E-state index in [2.05, 4.69) is 42.2 Å². The molecule has 3 aromatic rings. The summed E-state index contributed by atoms with van der Waals surface area (Å²) in [4.78, 5) is 17.8. The van der Waals surface area contributed by atoms with Crippen LogP contribution in [-0.2, 0) is 6.54 Å². The molecule has 28 heavy (non-hydrogen) atoms. The van der Waals surface area contributed by atoms with Crippen LogP contribution < -0.4 is 19.9 Å². The Morgan fingerprint density at radius 3 is 2.32 bits per heavy atom. The third-order valence-electron chi connectivity index (χ3n) is 4.88. The number of pyridine rings is 1. The Hall–Kier alpha value is -3.35. The first-order valence-electron chi connectivity index (χ1n) is 9.41. The molecule has 0 atom stereocenters. The van der Waals surface area contributed by atoms with Crippen LogP contribution in [-0.4, -0.2) is 48.2 Å². The molecule has 0 unspecified atom stereocenters. The molecule has 0 amide bonds. The fourth-order valence-electron chi connectivity index (χ4n) is 3.28. The topological polar surface area (TPSA) is 66.4 Å². The van der Waals surface area contributed by atoms with Crippen molar-refractivity contribution in [1.29, 1.82) is 0 Å². The number of rotatable bonds is 6. The van der Waals surface area contributed by atoms with E-state index in [1.807, 2.05) is 36.5 Å². The van der Waals surface area contributed by atoms with Crippen molar-refractivity contribution in [3.05, 3.63) is 66.6 Å². The molecule has 2 aromatic heterocycles. The number of anilines is 3. The van der Waals surface area contributed by atoms with Crippen molar-refractivity contribution >= 4 is 17.5 Å². The molecule has 7 heteroatoms. The Labute approximate surface area is 165 Å². The van der Waals surface area contributed by atoms with E-state index in [9.17, 15) is 0 Å². The van der Waals surface area contributed by atoms with Gasteiger partial charge in [-0.2, -0.15) is 4.98 Å². The molecule has 7 nitrogen and oxygen atoms in total. The highest BCUT2D eigenvalue weighted by Crippen LogP contribution is 2.22. The van der Waals surface area contributed by atoms with Gasteiger partial charge in [0, 0.05) is 57.0 Å². The fourth-order valence-corrected chi connectivity index (χ4v) is 3.28. The first-order chi connectivity index (χ1) is 13.8. The standard InChI is InChI=1S/C21H24N6O/c1-28-19-4-2-18(3-5-19)26-12-14-27(15-13-26)20-8-11-23-21(25-20)24-16-17-6-9-22-10-7-17/h2-11H,12-16H2,1H3,(H,23,24,25). The number of methoxy groups -OCH3 is 1. The average molecular weight is 376 g/mol. The Bertz CT molecular complexity index is 879. The van der Waals surface area contributed by atoms with Crippen LogP contribution in [0.1, 0.15) is 5.56 Å². The number of nitrogens with one attached hydrogen (secondary N) is 1. The Morgan fingerprint density at radius 2 is 1.61 bits per heavy atom. The van der Waals surface area contributed by atoms with Gasteiger partial charge < -0.3 is 19.9 Å². The van der Waals surface area contributed by atoms with Gasteiger partial charge in [-0.25, -0.2) is 4.98 Å². The van der Waals surface area contributed by atoms with E-state index in [0.29, 0.717) is 12.5 Å². The highest BCUT2D eigenvalue weighted by atomic mass is 16.5. The summed E-state index contributed by atoms with van der Waals surface area (Å²) >= 11 is 0. The number of ether oxygens (including phenoxy) is 1. The lowest BCUT2D eigenvalue weighted by Gasteiger charge is -2.36. The molecular formula is C21H24N6O. The minimum absolute atomic E-state index is 0.645. The van der Waals surface area contributed by atoms with Gasteiger partial charge in [0.2, 0.25) is 5.95 Å². The van der Waals surface area contributed by atoms with E-state index in [1.165, 1.54) is 5.69 Å². The monoisotopic (exact) mass is 376 g/mol. The maximum Gasteiger partial charge on any atom is 0.224 e. The molecule has 1 N–H and O–H groups in total. The van der Waals surface area contributed by atoms with Crippen molar-refractivity contribution in [3.63, 3.8) is 0 Å². The van der Waals surface area contributed by atoms with Crippen LogP contribution in [0, 0.1) is 0 Å². The third kappa shape index (κ3) is 4.31. The summed E-state index contributed by atoms with van der Waals surface area (Å²) in [6.45, 7) is 4.43. The summed E-state index contributed by atoms with van der Waals surface area (Å²) < 4.78 is 5.24. The zero-order valence-electron chi connectivity index (χ0n) is 16.0. The molecule has 0 radical (unpaired) electrons. The zero-order chi connectivity index (χ0) is 19.2. The van der Waals surface area contributed by atoms with Crippen molar-refractivity contribution in [2.75, 3.05) is 48.4 Å². The van der Waals surface area contributed by atoms with E-state index in [-0.39, 0.29) is 0 Å². The van der Waals surface area contributed by atoms with Gasteiger partial charge in [-0.05, 0) is 48.0 Å². The smallest absolute Gasteiger partial charge is 0.224 e. The highest BCUT2D eigenvalue weighted by molar-refractivity contribution is 5.51. The van der Waals surface area contributed by atoms with Gasteiger partial charge in [-0.1, -0.05) is 0 Å². The molecule has 1 aliphatic heterocycles. The largest absolute Gasteiger partial charge is 0.497 e.